The third-order valence-electron chi connectivity index (χ3n) is 4.30. The predicted molar refractivity (Wildman–Crippen MR) is 114 cm³/mol. The summed E-state index contributed by atoms with van der Waals surface area (Å²) in [5, 5.41) is 10.2. The van der Waals surface area contributed by atoms with E-state index in [1.807, 2.05) is 50.2 Å². The second-order valence-corrected chi connectivity index (χ2v) is 9.55. The summed E-state index contributed by atoms with van der Waals surface area (Å²) in [4.78, 5) is 12.3. The normalized spacial score (nSPS) is 11.4. The number of benzene rings is 2. The van der Waals surface area contributed by atoms with E-state index in [-0.39, 0.29) is 15.4 Å². The number of sulfonamides is 1. The van der Waals surface area contributed by atoms with E-state index >= 15 is 0 Å². The minimum Gasteiger partial charge on any atom is -0.296 e. The molecule has 7 nitrogen and oxygen atoms in total. The van der Waals surface area contributed by atoms with Crippen LogP contribution in [0.1, 0.15) is 33.5 Å². The number of aryl methyl sites for hydroxylation is 3. The van der Waals surface area contributed by atoms with Crippen molar-refractivity contribution in [2.45, 2.75) is 31.0 Å². The zero-order chi connectivity index (χ0) is 20.9. The molecular weight excluding hydrogens is 408 g/mol. The summed E-state index contributed by atoms with van der Waals surface area (Å²) in [7, 11) is -3.77. The number of carbonyl (C=O) groups excluding carboxylic acids is 1. The summed E-state index contributed by atoms with van der Waals surface area (Å²) in [6, 6.07) is 15.3. The first-order valence-corrected chi connectivity index (χ1v) is 11.4. The van der Waals surface area contributed by atoms with Gasteiger partial charge in [-0.15, -0.1) is 10.2 Å². The van der Waals surface area contributed by atoms with Crippen LogP contribution in [0.25, 0.3) is 0 Å². The first kappa shape index (κ1) is 21.1. The third-order valence-corrected chi connectivity index (χ3v) is 6.97. The maximum atomic E-state index is 12.4. The van der Waals surface area contributed by atoms with Crippen molar-refractivity contribution in [2.75, 3.05) is 11.9 Å². The fraction of sp³-hybridized carbons (Fsp3) is 0.250. The molecule has 3 rings (SSSR count). The molecule has 1 amide bonds. The van der Waals surface area contributed by atoms with Crippen molar-refractivity contribution in [2.24, 2.45) is 0 Å². The van der Waals surface area contributed by atoms with Crippen LogP contribution in [0.2, 0.25) is 0 Å². The zero-order valence-corrected chi connectivity index (χ0v) is 17.8. The lowest BCUT2D eigenvalue weighted by Crippen LogP contribution is -2.25. The number of nitrogens with one attached hydrogen (secondary N) is 2. The van der Waals surface area contributed by atoms with Gasteiger partial charge in [0, 0.05) is 12.1 Å². The number of aromatic nitrogens is 2. The highest BCUT2D eigenvalue weighted by molar-refractivity contribution is 7.91. The number of carbonyl (C=O) groups is 1. The van der Waals surface area contributed by atoms with Crippen LogP contribution < -0.4 is 10.0 Å². The molecule has 0 unspecified atom stereocenters. The second-order valence-electron chi connectivity index (χ2n) is 6.63. The number of anilines is 1. The zero-order valence-electron chi connectivity index (χ0n) is 16.2. The molecule has 1 heterocycles. The van der Waals surface area contributed by atoms with Gasteiger partial charge in [-0.1, -0.05) is 59.4 Å². The number of nitrogens with zero attached hydrogens (tertiary/aromatic N) is 2. The number of hydrogen-bond acceptors (Lipinski definition) is 6. The van der Waals surface area contributed by atoms with Crippen molar-refractivity contribution >= 4 is 32.4 Å². The molecule has 2 aromatic carbocycles. The molecule has 0 bridgehead atoms. The van der Waals surface area contributed by atoms with Crippen LogP contribution in [0.5, 0.6) is 0 Å². The van der Waals surface area contributed by atoms with Crippen molar-refractivity contribution in [1.82, 2.24) is 14.9 Å². The van der Waals surface area contributed by atoms with Crippen molar-refractivity contribution < 1.29 is 13.2 Å². The van der Waals surface area contributed by atoms with Gasteiger partial charge in [-0.2, -0.15) is 0 Å². The van der Waals surface area contributed by atoms with Gasteiger partial charge < -0.3 is 0 Å². The lowest BCUT2D eigenvalue weighted by molar-refractivity contribution is 0.102. The van der Waals surface area contributed by atoms with E-state index < -0.39 is 10.0 Å². The summed E-state index contributed by atoms with van der Waals surface area (Å²) in [5.74, 6) is -0.353. The molecule has 0 saturated carbocycles. The molecule has 0 spiro atoms. The molecule has 1 aromatic heterocycles. The third kappa shape index (κ3) is 5.69. The fourth-order valence-corrected chi connectivity index (χ4v) is 4.69. The first-order valence-electron chi connectivity index (χ1n) is 9.11. The van der Waals surface area contributed by atoms with E-state index in [0.29, 0.717) is 18.5 Å². The van der Waals surface area contributed by atoms with Gasteiger partial charge in [0.15, 0.2) is 0 Å². The standard InChI is InChI=1S/C20H22N4O3S2/c1-14-9-11-16(12-10-14)7-5-13-21-29(26,27)20-24-23-19(28-20)22-18(25)17-8-4-3-6-15(17)2/h3-4,6,8-12,21H,5,7,13H2,1-2H3,(H,22,23,25). The van der Waals surface area contributed by atoms with E-state index in [1.165, 1.54) is 5.56 Å². The van der Waals surface area contributed by atoms with Crippen LogP contribution >= 0.6 is 11.3 Å². The molecule has 0 aliphatic carbocycles. The van der Waals surface area contributed by atoms with Gasteiger partial charge in [0.25, 0.3) is 15.9 Å². The Morgan fingerprint density at radius 3 is 2.48 bits per heavy atom. The molecular formula is C20H22N4O3S2. The lowest BCUT2D eigenvalue weighted by atomic mass is 10.1. The smallest absolute Gasteiger partial charge is 0.269 e. The van der Waals surface area contributed by atoms with E-state index in [1.54, 1.807) is 12.1 Å². The number of hydrogen-bond donors (Lipinski definition) is 2. The minimum atomic E-state index is -3.77. The Morgan fingerprint density at radius 2 is 1.76 bits per heavy atom. The van der Waals surface area contributed by atoms with Crippen LogP contribution in [0.4, 0.5) is 5.13 Å². The molecule has 29 heavy (non-hydrogen) atoms. The number of rotatable bonds is 8. The van der Waals surface area contributed by atoms with Crippen LogP contribution in [-0.2, 0) is 16.4 Å². The molecule has 3 aromatic rings. The van der Waals surface area contributed by atoms with Gasteiger partial charge in [0.2, 0.25) is 9.47 Å². The van der Waals surface area contributed by atoms with Crippen LogP contribution in [0.3, 0.4) is 0 Å². The average Bonchev–Trinajstić information content (AvgIpc) is 3.16. The fourth-order valence-electron chi connectivity index (χ4n) is 2.68. The quantitative estimate of drug-likeness (QED) is 0.422. The molecule has 0 saturated heterocycles. The number of amides is 1. The Morgan fingerprint density at radius 1 is 1.03 bits per heavy atom. The van der Waals surface area contributed by atoms with E-state index in [4.69, 9.17) is 0 Å². The van der Waals surface area contributed by atoms with Crippen LogP contribution in [0, 0.1) is 13.8 Å². The van der Waals surface area contributed by atoms with E-state index in [2.05, 4.69) is 20.2 Å². The molecule has 0 aliphatic rings. The Hall–Kier alpha value is -2.62. The molecule has 0 aliphatic heterocycles. The highest BCUT2D eigenvalue weighted by atomic mass is 32.2. The maximum Gasteiger partial charge on any atom is 0.269 e. The van der Waals surface area contributed by atoms with Gasteiger partial charge in [-0.05, 0) is 43.9 Å². The van der Waals surface area contributed by atoms with Crippen LogP contribution in [0.15, 0.2) is 52.9 Å². The Balaban J connectivity index is 1.55. The molecule has 152 valence electrons. The Bertz CT molecular complexity index is 1090. The van der Waals surface area contributed by atoms with Crippen LogP contribution in [-0.4, -0.2) is 31.1 Å². The van der Waals surface area contributed by atoms with Gasteiger partial charge in [0.1, 0.15) is 0 Å². The summed E-state index contributed by atoms with van der Waals surface area (Å²) in [6.07, 6.45) is 1.44. The summed E-state index contributed by atoms with van der Waals surface area (Å²) < 4.78 is 27.1. The highest BCUT2D eigenvalue weighted by Gasteiger charge is 2.21. The topological polar surface area (TPSA) is 101 Å². The first-order chi connectivity index (χ1) is 13.8. The summed E-state index contributed by atoms with van der Waals surface area (Å²) >= 11 is 0.820. The predicted octanol–water partition coefficient (Wildman–Crippen LogP) is 3.32. The molecule has 0 radical (unpaired) electrons. The Labute approximate surface area is 174 Å². The van der Waals surface area contributed by atoms with Gasteiger partial charge in [-0.25, -0.2) is 13.1 Å². The van der Waals surface area contributed by atoms with E-state index in [0.717, 1.165) is 28.9 Å². The largest absolute Gasteiger partial charge is 0.296 e. The molecule has 9 heteroatoms. The van der Waals surface area contributed by atoms with Crippen molar-refractivity contribution in [3.05, 3.63) is 70.8 Å². The maximum absolute atomic E-state index is 12.4. The summed E-state index contributed by atoms with van der Waals surface area (Å²) in [5.41, 5.74) is 3.67. The van der Waals surface area contributed by atoms with Crippen molar-refractivity contribution in [3.8, 4) is 0 Å². The summed E-state index contributed by atoms with van der Waals surface area (Å²) in [6.45, 7) is 4.14. The van der Waals surface area contributed by atoms with Crippen molar-refractivity contribution in [3.63, 3.8) is 0 Å². The molecule has 0 atom stereocenters. The molecule has 0 fully saturated rings. The monoisotopic (exact) mass is 430 g/mol. The Kier molecular flexibility index (Phi) is 6.73. The lowest BCUT2D eigenvalue weighted by Gasteiger charge is -2.05. The van der Waals surface area contributed by atoms with Crippen molar-refractivity contribution in [1.29, 1.82) is 0 Å². The second kappa shape index (κ2) is 9.25. The van der Waals surface area contributed by atoms with Gasteiger partial charge >= 0.3 is 0 Å². The highest BCUT2D eigenvalue weighted by Crippen LogP contribution is 2.21. The average molecular weight is 431 g/mol. The minimum absolute atomic E-state index is 0.137. The SMILES string of the molecule is Cc1ccc(CCCNS(=O)(=O)c2nnc(NC(=O)c3ccccc3C)s2)cc1. The van der Waals surface area contributed by atoms with Gasteiger partial charge in [-0.3, -0.25) is 10.1 Å². The van der Waals surface area contributed by atoms with E-state index in [9.17, 15) is 13.2 Å². The van der Waals surface area contributed by atoms with Gasteiger partial charge in [0.05, 0.1) is 0 Å². The molecule has 2 N–H and O–H groups in total.